The van der Waals surface area contributed by atoms with Gasteiger partial charge in [-0.15, -0.1) is 0 Å². The number of hydrogen-bond donors (Lipinski definition) is 3. The molecule has 0 aromatic heterocycles. The molecule has 1 aliphatic rings. The summed E-state index contributed by atoms with van der Waals surface area (Å²) in [6, 6.07) is -0.0560. The molecule has 0 radical (unpaired) electrons. The molecule has 0 spiro atoms. The summed E-state index contributed by atoms with van der Waals surface area (Å²) in [6.07, 6.45) is 0.711. The highest BCUT2D eigenvalue weighted by Crippen LogP contribution is 2.09. The lowest BCUT2D eigenvalue weighted by atomic mass is 10.1. The number of rotatable bonds is 2. The van der Waals surface area contributed by atoms with Crippen molar-refractivity contribution in [1.82, 2.24) is 10.2 Å². The third-order valence-corrected chi connectivity index (χ3v) is 2.49. The lowest BCUT2D eigenvalue weighted by Gasteiger charge is -2.31. The van der Waals surface area contributed by atoms with E-state index in [9.17, 15) is 9.59 Å². The van der Waals surface area contributed by atoms with Gasteiger partial charge in [0.1, 0.15) is 0 Å². The van der Waals surface area contributed by atoms with Crippen LogP contribution in [-0.2, 0) is 4.79 Å². The zero-order valence-corrected chi connectivity index (χ0v) is 8.67. The van der Waals surface area contributed by atoms with Gasteiger partial charge in [0.25, 0.3) is 0 Å². The van der Waals surface area contributed by atoms with Crippen molar-refractivity contribution >= 4 is 24.6 Å². The van der Waals surface area contributed by atoms with Crippen molar-refractivity contribution in [1.29, 1.82) is 0 Å². The highest BCUT2D eigenvalue weighted by molar-refractivity contribution is 7.81. The van der Waals surface area contributed by atoms with Gasteiger partial charge in [-0.2, -0.15) is 12.6 Å². The zero-order valence-electron chi connectivity index (χ0n) is 7.77. The Hall–Kier alpha value is -0.910. The molecule has 1 unspecified atom stereocenters. The topological polar surface area (TPSA) is 69.6 Å². The highest BCUT2D eigenvalue weighted by Gasteiger charge is 2.23. The van der Waals surface area contributed by atoms with Crippen LogP contribution in [0.5, 0.6) is 0 Å². The summed E-state index contributed by atoms with van der Waals surface area (Å²) >= 11 is 3.84. The largest absolute Gasteiger partial charge is 0.465 e. The number of nitrogens with one attached hydrogen (secondary N) is 1. The van der Waals surface area contributed by atoms with Crippen molar-refractivity contribution in [2.75, 3.05) is 18.8 Å². The van der Waals surface area contributed by atoms with Crippen LogP contribution in [0.1, 0.15) is 12.8 Å². The van der Waals surface area contributed by atoms with Crippen LogP contribution in [-0.4, -0.2) is 46.9 Å². The van der Waals surface area contributed by atoms with E-state index in [0.29, 0.717) is 13.1 Å². The summed E-state index contributed by atoms with van der Waals surface area (Å²) in [5.41, 5.74) is 0. The molecule has 0 saturated carbocycles. The van der Waals surface area contributed by atoms with Crippen LogP contribution in [0.3, 0.4) is 0 Å². The second-order valence-corrected chi connectivity index (χ2v) is 3.61. The minimum absolute atomic E-state index is 0.0560. The number of hydrogen-bond acceptors (Lipinski definition) is 3. The standard InChI is InChI=1S/C8H14N2O3S/c11-7(5-14)9-6-2-1-3-10(4-6)8(12)13/h6,14H,1-5H2,(H,9,11)(H,12,13). The van der Waals surface area contributed by atoms with Crippen molar-refractivity contribution in [3.63, 3.8) is 0 Å². The Kier molecular flexibility index (Phi) is 4.06. The predicted molar refractivity (Wildman–Crippen MR) is 54.6 cm³/mol. The SMILES string of the molecule is O=C(CS)NC1CCCN(C(=O)O)C1. The third kappa shape index (κ3) is 3.10. The number of carbonyl (C=O) groups is 2. The van der Waals surface area contributed by atoms with Gasteiger partial charge >= 0.3 is 6.09 Å². The molecule has 2 amide bonds. The van der Waals surface area contributed by atoms with Crippen LogP contribution in [0, 0.1) is 0 Å². The molecule has 0 aromatic rings. The van der Waals surface area contributed by atoms with Gasteiger partial charge in [0.05, 0.1) is 5.75 Å². The van der Waals surface area contributed by atoms with Crippen molar-refractivity contribution in [2.45, 2.75) is 18.9 Å². The van der Waals surface area contributed by atoms with E-state index >= 15 is 0 Å². The van der Waals surface area contributed by atoms with Crippen LogP contribution in [0.4, 0.5) is 4.79 Å². The summed E-state index contributed by atoms with van der Waals surface area (Å²) in [7, 11) is 0. The van der Waals surface area contributed by atoms with Crippen LogP contribution in [0.15, 0.2) is 0 Å². The highest BCUT2D eigenvalue weighted by atomic mass is 32.1. The number of nitrogens with zero attached hydrogens (tertiary/aromatic N) is 1. The van der Waals surface area contributed by atoms with Gasteiger partial charge in [-0.05, 0) is 12.8 Å². The van der Waals surface area contributed by atoms with Crippen molar-refractivity contribution < 1.29 is 14.7 Å². The van der Waals surface area contributed by atoms with Crippen molar-refractivity contribution in [3.05, 3.63) is 0 Å². The van der Waals surface area contributed by atoms with Gasteiger partial charge in [0, 0.05) is 19.1 Å². The molecule has 2 N–H and O–H groups in total. The van der Waals surface area contributed by atoms with Crippen LogP contribution in [0.2, 0.25) is 0 Å². The van der Waals surface area contributed by atoms with E-state index in [0.717, 1.165) is 12.8 Å². The normalized spacial score (nSPS) is 21.8. The average molecular weight is 218 g/mol. The van der Waals surface area contributed by atoms with E-state index in [2.05, 4.69) is 17.9 Å². The van der Waals surface area contributed by atoms with E-state index in [-0.39, 0.29) is 17.7 Å². The first-order valence-electron chi connectivity index (χ1n) is 4.51. The molecule has 1 fully saturated rings. The molecule has 0 aliphatic carbocycles. The van der Waals surface area contributed by atoms with Gasteiger partial charge in [0.15, 0.2) is 0 Å². The van der Waals surface area contributed by atoms with Gasteiger partial charge < -0.3 is 15.3 Å². The summed E-state index contributed by atoms with van der Waals surface area (Å²) in [6.45, 7) is 0.942. The number of piperidine rings is 1. The Labute approximate surface area is 87.9 Å². The van der Waals surface area contributed by atoms with Gasteiger partial charge in [-0.25, -0.2) is 4.79 Å². The minimum Gasteiger partial charge on any atom is -0.465 e. The predicted octanol–water partition coefficient (Wildman–Crippen LogP) is 0.175. The minimum atomic E-state index is -0.921. The summed E-state index contributed by atoms with van der Waals surface area (Å²) < 4.78 is 0. The molecule has 1 rings (SSSR count). The third-order valence-electron chi connectivity index (χ3n) is 2.20. The smallest absolute Gasteiger partial charge is 0.407 e. The molecule has 80 valence electrons. The fraction of sp³-hybridized carbons (Fsp3) is 0.750. The molecule has 6 heteroatoms. The lowest BCUT2D eigenvalue weighted by molar-refractivity contribution is -0.119. The summed E-state index contributed by atoms with van der Waals surface area (Å²) in [5.74, 6) is -0.00519. The zero-order chi connectivity index (χ0) is 10.6. The van der Waals surface area contributed by atoms with E-state index in [1.807, 2.05) is 0 Å². The van der Waals surface area contributed by atoms with Crippen LogP contribution in [0.25, 0.3) is 0 Å². The van der Waals surface area contributed by atoms with Crippen LogP contribution >= 0.6 is 12.6 Å². The Bertz CT molecular complexity index is 235. The molecule has 0 bridgehead atoms. The maximum atomic E-state index is 11.0. The fourth-order valence-corrected chi connectivity index (χ4v) is 1.63. The van der Waals surface area contributed by atoms with E-state index in [1.54, 1.807) is 0 Å². The summed E-state index contributed by atoms with van der Waals surface area (Å²) in [4.78, 5) is 23.0. The Balaban J connectivity index is 2.40. The summed E-state index contributed by atoms with van der Waals surface area (Å²) in [5, 5.41) is 11.5. The first kappa shape index (κ1) is 11.2. The maximum Gasteiger partial charge on any atom is 0.407 e. The molecule has 1 saturated heterocycles. The fourth-order valence-electron chi connectivity index (χ4n) is 1.54. The molecule has 0 aromatic carbocycles. The molecule has 14 heavy (non-hydrogen) atoms. The molecule has 1 aliphatic heterocycles. The number of amides is 2. The van der Waals surface area contributed by atoms with Crippen molar-refractivity contribution in [2.24, 2.45) is 0 Å². The Morgan fingerprint density at radius 2 is 2.29 bits per heavy atom. The van der Waals surface area contributed by atoms with E-state index < -0.39 is 6.09 Å². The number of likely N-dealkylation sites (tertiary alicyclic amines) is 1. The number of carboxylic acid groups (broad SMARTS) is 1. The molecule has 5 nitrogen and oxygen atoms in total. The first-order chi connectivity index (χ1) is 6.63. The maximum absolute atomic E-state index is 11.0. The van der Waals surface area contributed by atoms with Crippen molar-refractivity contribution in [3.8, 4) is 0 Å². The van der Waals surface area contributed by atoms with Crippen LogP contribution < -0.4 is 5.32 Å². The number of carbonyl (C=O) groups excluding carboxylic acids is 1. The van der Waals surface area contributed by atoms with Gasteiger partial charge in [-0.1, -0.05) is 0 Å². The second kappa shape index (κ2) is 5.09. The monoisotopic (exact) mass is 218 g/mol. The quantitative estimate of drug-likeness (QED) is 0.579. The lowest BCUT2D eigenvalue weighted by Crippen LogP contribution is -2.49. The van der Waals surface area contributed by atoms with E-state index in [1.165, 1.54) is 4.90 Å². The molecule has 1 atom stereocenters. The molecule has 1 heterocycles. The van der Waals surface area contributed by atoms with Gasteiger partial charge in [0.2, 0.25) is 5.91 Å². The molecular weight excluding hydrogens is 204 g/mol. The number of thiol groups is 1. The average Bonchev–Trinajstić information content (AvgIpc) is 2.18. The second-order valence-electron chi connectivity index (χ2n) is 3.29. The van der Waals surface area contributed by atoms with Gasteiger partial charge in [-0.3, -0.25) is 4.79 Å². The molecular formula is C8H14N2O3S. The van der Waals surface area contributed by atoms with E-state index in [4.69, 9.17) is 5.11 Å². The Morgan fingerprint density at radius 1 is 1.57 bits per heavy atom. The Morgan fingerprint density at radius 3 is 2.86 bits per heavy atom. The first-order valence-corrected chi connectivity index (χ1v) is 5.15.